The van der Waals surface area contributed by atoms with Crippen molar-refractivity contribution in [1.29, 1.82) is 0 Å². The van der Waals surface area contributed by atoms with Gasteiger partial charge in [0.2, 0.25) is 0 Å². The monoisotopic (exact) mass is 183 g/mol. The molecule has 1 aliphatic heterocycles. The summed E-state index contributed by atoms with van der Waals surface area (Å²) in [5.74, 6) is 0.418. The molecule has 0 aromatic heterocycles. The largest absolute Gasteiger partial charge is 0.481 e. The third kappa shape index (κ3) is 1.70. The zero-order chi connectivity index (χ0) is 9.26. The predicted octanol–water partition coefficient (Wildman–Crippen LogP) is 1.10. The summed E-state index contributed by atoms with van der Waals surface area (Å²) in [5.41, 5.74) is 0. The number of carboxylic acid groups (broad SMARTS) is 1. The van der Waals surface area contributed by atoms with Crippen molar-refractivity contribution < 1.29 is 9.90 Å². The SMILES string of the molecule is O=C(O)C1CCCC2CCNCC21. The molecule has 74 valence electrons. The summed E-state index contributed by atoms with van der Waals surface area (Å²) >= 11 is 0. The van der Waals surface area contributed by atoms with Gasteiger partial charge in [-0.1, -0.05) is 12.8 Å². The molecule has 3 heteroatoms. The van der Waals surface area contributed by atoms with Gasteiger partial charge in [0.25, 0.3) is 0 Å². The lowest BCUT2D eigenvalue weighted by atomic mass is 9.69. The Morgan fingerprint density at radius 3 is 2.92 bits per heavy atom. The number of hydrogen-bond donors (Lipinski definition) is 2. The number of piperidine rings is 1. The first-order valence-electron chi connectivity index (χ1n) is 5.22. The van der Waals surface area contributed by atoms with Gasteiger partial charge in [-0.05, 0) is 37.8 Å². The molecule has 0 radical (unpaired) electrons. The molecule has 0 aromatic rings. The van der Waals surface area contributed by atoms with Crippen LogP contribution in [0.15, 0.2) is 0 Å². The van der Waals surface area contributed by atoms with Crippen LogP contribution in [-0.2, 0) is 4.79 Å². The first kappa shape index (κ1) is 9.00. The highest BCUT2D eigenvalue weighted by molar-refractivity contribution is 5.70. The predicted molar refractivity (Wildman–Crippen MR) is 49.4 cm³/mol. The van der Waals surface area contributed by atoms with Gasteiger partial charge in [0.05, 0.1) is 5.92 Å². The molecular weight excluding hydrogens is 166 g/mol. The van der Waals surface area contributed by atoms with E-state index in [0.29, 0.717) is 11.8 Å². The Morgan fingerprint density at radius 2 is 2.15 bits per heavy atom. The summed E-state index contributed by atoms with van der Waals surface area (Å²) in [6.07, 6.45) is 4.42. The Morgan fingerprint density at radius 1 is 1.31 bits per heavy atom. The molecule has 2 N–H and O–H groups in total. The number of hydrogen-bond acceptors (Lipinski definition) is 2. The molecule has 0 aromatic carbocycles. The van der Waals surface area contributed by atoms with Gasteiger partial charge in [-0.3, -0.25) is 4.79 Å². The fourth-order valence-corrected chi connectivity index (χ4v) is 2.89. The summed E-state index contributed by atoms with van der Waals surface area (Å²) in [4.78, 5) is 11.0. The van der Waals surface area contributed by atoms with Gasteiger partial charge in [0.1, 0.15) is 0 Å². The number of aliphatic carboxylic acids is 1. The molecule has 1 saturated carbocycles. The first-order chi connectivity index (χ1) is 6.29. The summed E-state index contributed by atoms with van der Waals surface area (Å²) in [7, 11) is 0. The second-order valence-electron chi connectivity index (χ2n) is 4.29. The fraction of sp³-hybridized carbons (Fsp3) is 0.900. The van der Waals surface area contributed by atoms with Gasteiger partial charge in [-0.2, -0.15) is 0 Å². The molecule has 1 saturated heterocycles. The van der Waals surface area contributed by atoms with E-state index in [0.717, 1.165) is 25.9 Å². The van der Waals surface area contributed by atoms with E-state index >= 15 is 0 Å². The van der Waals surface area contributed by atoms with E-state index in [2.05, 4.69) is 5.32 Å². The smallest absolute Gasteiger partial charge is 0.306 e. The minimum Gasteiger partial charge on any atom is -0.481 e. The molecule has 3 atom stereocenters. The van der Waals surface area contributed by atoms with E-state index in [-0.39, 0.29) is 5.92 Å². The van der Waals surface area contributed by atoms with Gasteiger partial charge >= 0.3 is 5.97 Å². The lowest BCUT2D eigenvalue weighted by Crippen LogP contribution is -2.45. The van der Waals surface area contributed by atoms with Gasteiger partial charge in [0.15, 0.2) is 0 Å². The summed E-state index contributed by atoms with van der Waals surface area (Å²) in [5, 5.41) is 12.4. The first-order valence-corrected chi connectivity index (χ1v) is 5.22. The summed E-state index contributed by atoms with van der Waals surface area (Å²) in [6.45, 7) is 2.00. The fourth-order valence-electron chi connectivity index (χ4n) is 2.89. The van der Waals surface area contributed by atoms with Crippen LogP contribution in [0.3, 0.4) is 0 Å². The molecule has 13 heavy (non-hydrogen) atoms. The normalized spacial score (nSPS) is 39.5. The molecule has 3 unspecified atom stereocenters. The number of carbonyl (C=O) groups is 1. The maximum Gasteiger partial charge on any atom is 0.306 e. The van der Waals surface area contributed by atoms with Crippen LogP contribution in [0.2, 0.25) is 0 Å². The van der Waals surface area contributed by atoms with Gasteiger partial charge in [-0.15, -0.1) is 0 Å². The van der Waals surface area contributed by atoms with Crippen LogP contribution < -0.4 is 5.32 Å². The Bertz CT molecular complexity index is 203. The standard InChI is InChI=1S/C10H17NO2/c12-10(13)8-3-1-2-7-4-5-11-6-9(7)8/h7-9,11H,1-6H2,(H,12,13). The molecule has 2 fully saturated rings. The van der Waals surface area contributed by atoms with Crippen molar-refractivity contribution in [3.8, 4) is 0 Å². The van der Waals surface area contributed by atoms with Crippen molar-refractivity contribution >= 4 is 5.97 Å². The third-order valence-electron chi connectivity index (χ3n) is 3.60. The summed E-state index contributed by atoms with van der Waals surface area (Å²) in [6, 6.07) is 0. The lowest BCUT2D eigenvalue weighted by molar-refractivity contribution is -0.146. The topological polar surface area (TPSA) is 49.3 Å². The molecular formula is C10H17NO2. The second kappa shape index (κ2) is 3.66. The van der Waals surface area contributed by atoms with E-state index in [9.17, 15) is 4.79 Å². The Labute approximate surface area is 78.5 Å². The van der Waals surface area contributed by atoms with E-state index in [1.165, 1.54) is 12.8 Å². The maximum absolute atomic E-state index is 11.0. The minimum atomic E-state index is -0.585. The van der Waals surface area contributed by atoms with E-state index in [1.807, 2.05) is 0 Å². The van der Waals surface area contributed by atoms with Crippen molar-refractivity contribution in [3.63, 3.8) is 0 Å². The minimum absolute atomic E-state index is 0.0773. The quantitative estimate of drug-likeness (QED) is 0.640. The van der Waals surface area contributed by atoms with Crippen LogP contribution >= 0.6 is 0 Å². The van der Waals surface area contributed by atoms with E-state index in [1.54, 1.807) is 0 Å². The van der Waals surface area contributed by atoms with Crippen molar-refractivity contribution in [3.05, 3.63) is 0 Å². The molecule has 2 aliphatic rings. The molecule has 0 amide bonds. The van der Waals surface area contributed by atoms with E-state index in [4.69, 9.17) is 5.11 Å². The average Bonchev–Trinajstić information content (AvgIpc) is 2.17. The molecule has 0 spiro atoms. The van der Waals surface area contributed by atoms with Crippen LogP contribution in [-0.4, -0.2) is 24.2 Å². The van der Waals surface area contributed by atoms with Crippen LogP contribution in [0, 0.1) is 17.8 Å². The highest BCUT2D eigenvalue weighted by atomic mass is 16.4. The van der Waals surface area contributed by atoms with Gasteiger partial charge in [-0.25, -0.2) is 0 Å². The maximum atomic E-state index is 11.0. The number of rotatable bonds is 1. The van der Waals surface area contributed by atoms with Crippen LogP contribution in [0.1, 0.15) is 25.7 Å². The highest BCUT2D eigenvalue weighted by Gasteiger charge is 2.38. The van der Waals surface area contributed by atoms with Gasteiger partial charge < -0.3 is 10.4 Å². The lowest BCUT2D eigenvalue weighted by Gasteiger charge is -2.39. The Kier molecular flexibility index (Phi) is 2.54. The average molecular weight is 183 g/mol. The Hall–Kier alpha value is -0.570. The van der Waals surface area contributed by atoms with Crippen molar-refractivity contribution in [2.24, 2.45) is 17.8 Å². The van der Waals surface area contributed by atoms with Gasteiger partial charge in [0, 0.05) is 0 Å². The second-order valence-corrected chi connectivity index (χ2v) is 4.29. The zero-order valence-electron chi connectivity index (χ0n) is 7.83. The Balaban J connectivity index is 2.06. The van der Waals surface area contributed by atoms with E-state index < -0.39 is 5.97 Å². The molecule has 1 heterocycles. The highest BCUT2D eigenvalue weighted by Crippen LogP contribution is 2.37. The van der Waals surface area contributed by atoms with Crippen LogP contribution in [0.5, 0.6) is 0 Å². The zero-order valence-corrected chi connectivity index (χ0v) is 7.83. The number of fused-ring (bicyclic) bond motifs is 1. The molecule has 0 bridgehead atoms. The van der Waals surface area contributed by atoms with Crippen molar-refractivity contribution in [2.45, 2.75) is 25.7 Å². The number of carboxylic acids is 1. The third-order valence-corrected chi connectivity index (χ3v) is 3.60. The molecule has 1 aliphatic carbocycles. The number of nitrogens with one attached hydrogen (secondary N) is 1. The van der Waals surface area contributed by atoms with Crippen molar-refractivity contribution in [2.75, 3.05) is 13.1 Å². The molecule has 3 nitrogen and oxygen atoms in total. The van der Waals surface area contributed by atoms with Crippen molar-refractivity contribution in [1.82, 2.24) is 5.32 Å². The summed E-state index contributed by atoms with van der Waals surface area (Å²) < 4.78 is 0. The van der Waals surface area contributed by atoms with Crippen LogP contribution in [0.4, 0.5) is 0 Å². The van der Waals surface area contributed by atoms with Crippen LogP contribution in [0.25, 0.3) is 0 Å². The molecule has 2 rings (SSSR count).